The zero-order valence-corrected chi connectivity index (χ0v) is 24.4. The highest BCUT2D eigenvalue weighted by molar-refractivity contribution is 9.10. The van der Waals surface area contributed by atoms with E-state index in [-0.39, 0.29) is 49.4 Å². The van der Waals surface area contributed by atoms with Gasteiger partial charge in [-0.1, -0.05) is 41.9 Å². The molecule has 0 radical (unpaired) electrons. The standard InChI is InChI=1S/C29H26BrClFN3O4.ClH/c30-27-13-12-25(39-27)29(37)35(14-4-9-28(36)34-18-20-6-1-2-8-23(20)32)24-11-10-21(31)16-26(24)38-22-7-3-5-19(15-22)17-33;/h1-3,5-8,10-13,15-16H,4,9,14,17-18,33H2,(H,34,36);1H. The minimum absolute atomic E-state index is 0. The smallest absolute Gasteiger partial charge is 0.294 e. The van der Waals surface area contributed by atoms with Crippen LogP contribution in [0, 0.1) is 5.82 Å². The first kappa shape index (κ1) is 31.2. The minimum Gasteiger partial charge on any atom is -0.455 e. The van der Waals surface area contributed by atoms with Crippen LogP contribution in [0.5, 0.6) is 11.5 Å². The average Bonchev–Trinajstić information content (AvgIpc) is 3.37. The number of nitrogens with one attached hydrogen (secondary N) is 1. The molecule has 1 aromatic heterocycles. The summed E-state index contributed by atoms with van der Waals surface area (Å²) >= 11 is 9.51. The maximum absolute atomic E-state index is 13.9. The van der Waals surface area contributed by atoms with Crippen molar-refractivity contribution >= 4 is 57.4 Å². The Labute approximate surface area is 251 Å². The van der Waals surface area contributed by atoms with Gasteiger partial charge in [-0.3, -0.25) is 9.59 Å². The van der Waals surface area contributed by atoms with E-state index in [2.05, 4.69) is 21.2 Å². The van der Waals surface area contributed by atoms with E-state index < -0.39 is 5.91 Å². The number of rotatable bonds is 11. The summed E-state index contributed by atoms with van der Waals surface area (Å²) in [4.78, 5) is 27.5. The summed E-state index contributed by atoms with van der Waals surface area (Å²) in [6.45, 7) is 0.591. The molecule has 11 heteroatoms. The molecule has 0 aliphatic heterocycles. The molecule has 210 valence electrons. The molecule has 7 nitrogen and oxygen atoms in total. The van der Waals surface area contributed by atoms with Gasteiger partial charge in [-0.2, -0.15) is 0 Å². The van der Waals surface area contributed by atoms with Gasteiger partial charge in [0, 0.05) is 42.7 Å². The van der Waals surface area contributed by atoms with Gasteiger partial charge in [-0.05, 0) is 70.4 Å². The molecule has 0 saturated carbocycles. The number of benzene rings is 3. The topological polar surface area (TPSA) is 97.8 Å². The minimum atomic E-state index is -0.421. The van der Waals surface area contributed by atoms with Crippen LogP contribution in [0.2, 0.25) is 5.02 Å². The first-order chi connectivity index (χ1) is 18.8. The fourth-order valence-electron chi connectivity index (χ4n) is 3.87. The van der Waals surface area contributed by atoms with Crippen LogP contribution in [-0.4, -0.2) is 18.4 Å². The third kappa shape index (κ3) is 8.32. The first-order valence-corrected chi connectivity index (χ1v) is 13.3. The number of hydrogen-bond donors (Lipinski definition) is 2. The quantitative estimate of drug-likeness (QED) is 0.178. The Morgan fingerprint density at radius 1 is 1.05 bits per heavy atom. The normalized spacial score (nSPS) is 10.5. The second-order valence-corrected chi connectivity index (χ2v) is 9.82. The van der Waals surface area contributed by atoms with Crippen LogP contribution in [-0.2, 0) is 17.9 Å². The van der Waals surface area contributed by atoms with Crippen LogP contribution < -0.4 is 20.7 Å². The van der Waals surface area contributed by atoms with E-state index in [0.717, 1.165) is 5.56 Å². The van der Waals surface area contributed by atoms with Crippen molar-refractivity contribution in [3.05, 3.63) is 111 Å². The van der Waals surface area contributed by atoms with Gasteiger partial charge < -0.3 is 25.1 Å². The number of anilines is 1. The first-order valence-electron chi connectivity index (χ1n) is 12.2. The highest BCUT2D eigenvalue weighted by Gasteiger charge is 2.24. The third-order valence-electron chi connectivity index (χ3n) is 5.82. The van der Waals surface area contributed by atoms with Crippen LogP contribution in [0.4, 0.5) is 10.1 Å². The lowest BCUT2D eigenvalue weighted by Crippen LogP contribution is -2.33. The van der Waals surface area contributed by atoms with Gasteiger partial charge in [0.2, 0.25) is 5.91 Å². The van der Waals surface area contributed by atoms with Crippen molar-refractivity contribution in [2.24, 2.45) is 5.73 Å². The van der Waals surface area contributed by atoms with Crippen molar-refractivity contribution in [3.63, 3.8) is 0 Å². The number of halogens is 4. The SMILES string of the molecule is Cl.NCc1cccc(Oc2cc(Cl)ccc2N(CCCC(=O)NCc2ccccc2F)C(=O)c2ccc(Br)o2)c1. The molecule has 0 saturated heterocycles. The van der Waals surface area contributed by atoms with E-state index in [1.54, 1.807) is 60.7 Å². The van der Waals surface area contributed by atoms with Crippen molar-refractivity contribution in [2.45, 2.75) is 25.9 Å². The van der Waals surface area contributed by atoms with Gasteiger partial charge in [0.25, 0.3) is 5.91 Å². The van der Waals surface area contributed by atoms with Gasteiger partial charge in [0.1, 0.15) is 11.6 Å². The van der Waals surface area contributed by atoms with Crippen molar-refractivity contribution in [2.75, 3.05) is 11.4 Å². The molecule has 3 N–H and O–H groups in total. The second-order valence-electron chi connectivity index (χ2n) is 8.60. The van der Waals surface area contributed by atoms with Gasteiger partial charge in [-0.25, -0.2) is 4.39 Å². The maximum atomic E-state index is 13.9. The Bertz CT molecular complexity index is 1470. The Morgan fingerprint density at radius 2 is 1.85 bits per heavy atom. The average molecular weight is 651 g/mol. The number of furan rings is 1. The number of amides is 2. The second kappa shape index (κ2) is 14.9. The number of nitrogens with two attached hydrogens (primary N) is 1. The van der Waals surface area contributed by atoms with Crippen LogP contribution in [0.1, 0.15) is 34.5 Å². The van der Waals surface area contributed by atoms with Gasteiger partial charge in [-0.15, -0.1) is 12.4 Å². The van der Waals surface area contributed by atoms with Crippen LogP contribution in [0.25, 0.3) is 0 Å². The molecule has 40 heavy (non-hydrogen) atoms. The Kier molecular flexibility index (Phi) is 11.6. The molecule has 4 rings (SSSR count). The largest absolute Gasteiger partial charge is 0.455 e. The van der Waals surface area contributed by atoms with E-state index in [1.165, 1.54) is 11.0 Å². The molecule has 1 heterocycles. The van der Waals surface area contributed by atoms with E-state index in [9.17, 15) is 14.0 Å². The van der Waals surface area contributed by atoms with Crippen molar-refractivity contribution in [1.29, 1.82) is 0 Å². The molecule has 0 aliphatic rings. The van der Waals surface area contributed by atoms with Crippen molar-refractivity contribution < 1.29 is 23.1 Å². The lowest BCUT2D eigenvalue weighted by Gasteiger charge is -2.24. The summed E-state index contributed by atoms with van der Waals surface area (Å²) in [6, 6.07) is 21.7. The molecule has 0 bridgehead atoms. The predicted molar refractivity (Wildman–Crippen MR) is 159 cm³/mol. The summed E-state index contributed by atoms with van der Waals surface area (Å²) in [5.41, 5.74) is 7.49. The number of nitrogens with zero attached hydrogens (tertiary/aromatic N) is 1. The number of ether oxygens (including phenoxy) is 1. The summed E-state index contributed by atoms with van der Waals surface area (Å²) in [6.07, 6.45) is 0.434. The highest BCUT2D eigenvalue weighted by Crippen LogP contribution is 2.36. The van der Waals surface area contributed by atoms with Crippen molar-refractivity contribution in [1.82, 2.24) is 5.32 Å². The van der Waals surface area contributed by atoms with Gasteiger partial charge >= 0.3 is 0 Å². The Balaban J connectivity index is 0.00000441. The molecule has 0 fully saturated rings. The molecule has 4 aromatic rings. The van der Waals surface area contributed by atoms with E-state index in [4.69, 9.17) is 26.5 Å². The van der Waals surface area contributed by atoms with E-state index >= 15 is 0 Å². The Hall–Kier alpha value is -3.37. The summed E-state index contributed by atoms with van der Waals surface area (Å²) in [5, 5.41) is 3.14. The molecule has 0 aliphatic carbocycles. The van der Waals surface area contributed by atoms with Crippen LogP contribution in [0.3, 0.4) is 0 Å². The van der Waals surface area contributed by atoms with Gasteiger partial charge in [0.15, 0.2) is 16.2 Å². The molecule has 0 atom stereocenters. The van der Waals surface area contributed by atoms with E-state index in [1.807, 2.05) is 12.1 Å². The molecule has 0 unspecified atom stereocenters. The summed E-state index contributed by atoms with van der Waals surface area (Å²) in [7, 11) is 0. The predicted octanol–water partition coefficient (Wildman–Crippen LogP) is 7.25. The third-order valence-corrected chi connectivity index (χ3v) is 6.48. The number of carbonyl (C=O) groups is 2. The monoisotopic (exact) mass is 649 g/mol. The van der Waals surface area contributed by atoms with Crippen LogP contribution >= 0.6 is 39.9 Å². The zero-order chi connectivity index (χ0) is 27.8. The van der Waals surface area contributed by atoms with Gasteiger partial charge in [0.05, 0.1) is 5.69 Å². The summed E-state index contributed by atoms with van der Waals surface area (Å²) < 4.78 is 25.9. The number of carbonyl (C=O) groups excluding carboxylic acids is 2. The lowest BCUT2D eigenvalue weighted by atomic mass is 10.2. The highest BCUT2D eigenvalue weighted by atomic mass is 79.9. The molecule has 2 amide bonds. The molecular weight excluding hydrogens is 624 g/mol. The fraction of sp³-hybridized carbons (Fsp3) is 0.172. The van der Waals surface area contributed by atoms with Crippen molar-refractivity contribution in [3.8, 4) is 11.5 Å². The van der Waals surface area contributed by atoms with Crippen LogP contribution in [0.15, 0.2) is 87.9 Å². The zero-order valence-electron chi connectivity index (χ0n) is 21.2. The molecule has 3 aromatic carbocycles. The molecule has 0 spiro atoms. The van der Waals surface area contributed by atoms with E-state index in [0.29, 0.717) is 45.4 Å². The fourth-order valence-corrected chi connectivity index (χ4v) is 4.34. The Morgan fingerprint density at radius 3 is 2.58 bits per heavy atom. The maximum Gasteiger partial charge on any atom is 0.294 e. The lowest BCUT2D eigenvalue weighted by molar-refractivity contribution is -0.121. The number of hydrogen-bond acceptors (Lipinski definition) is 5. The molecular formula is C29H27BrCl2FN3O4. The summed E-state index contributed by atoms with van der Waals surface area (Å²) in [5.74, 6) is -0.0851.